The molecule has 0 bridgehead atoms. The standard InChI is InChI=1S/C35H33ClN2O6/c1-4-6-17-43-26-15-13-25(14-16-26)38-34(40)28(33(39)37-35(38)41)18-23-19-30(36)32(31(20-23)42-5-2)44-21-29-22(3)11-12-24-9-7-8-10-27(24)29/h7-16,18-20H,4-6,17,21H2,1-3H3,(H,37,39,41)/b28-18-. The lowest BCUT2D eigenvalue weighted by atomic mass is 10.0. The Morgan fingerprint density at radius 1 is 0.909 bits per heavy atom. The number of imide groups is 2. The van der Waals surface area contributed by atoms with E-state index in [9.17, 15) is 14.4 Å². The first-order valence-corrected chi connectivity index (χ1v) is 14.9. The number of hydrogen-bond acceptors (Lipinski definition) is 6. The number of anilines is 1. The Balaban J connectivity index is 1.41. The highest BCUT2D eigenvalue weighted by molar-refractivity contribution is 6.39. The number of urea groups is 1. The van der Waals surface area contributed by atoms with Gasteiger partial charge in [0.2, 0.25) is 0 Å². The molecule has 0 radical (unpaired) electrons. The second-order valence-corrected chi connectivity index (χ2v) is 10.7. The fourth-order valence-electron chi connectivity index (χ4n) is 4.94. The van der Waals surface area contributed by atoms with Gasteiger partial charge >= 0.3 is 6.03 Å². The van der Waals surface area contributed by atoms with Gasteiger partial charge in [0.05, 0.1) is 23.9 Å². The molecule has 9 heteroatoms. The van der Waals surface area contributed by atoms with Gasteiger partial charge in [0.1, 0.15) is 17.9 Å². The molecular weight excluding hydrogens is 580 g/mol. The van der Waals surface area contributed by atoms with Crippen molar-refractivity contribution < 1.29 is 28.6 Å². The van der Waals surface area contributed by atoms with Crippen molar-refractivity contribution in [3.8, 4) is 17.2 Å². The number of amides is 4. The number of nitrogens with zero attached hydrogens (tertiary/aromatic N) is 1. The first kappa shape index (κ1) is 30.6. The number of hydrogen-bond donors (Lipinski definition) is 1. The molecule has 5 rings (SSSR count). The number of aryl methyl sites for hydroxylation is 1. The molecule has 0 saturated carbocycles. The summed E-state index contributed by atoms with van der Waals surface area (Å²) in [6, 6.07) is 21.2. The Morgan fingerprint density at radius 2 is 1.68 bits per heavy atom. The molecule has 0 atom stereocenters. The molecule has 44 heavy (non-hydrogen) atoms. The maximum atomic E-state index is 13.5. The van der Waals surface area contributed by atoms with E-state index in [1.807, 2.05) is 26.0 Å². The fraction of sp³-hybridized carbons (Fsp3) is 0.229. The van der Waals surface area contributed by atoms with Crippen LogP contribution in [0.5, 0.6) is 17.2 Å². The molecule has 1 aliphatic heterocycles. The molecule has 4 aromatic rings. The number of rotatable bonds is 11. The predicted octanol–water partition coefficient (Wildman–Crippen LogP) is 7.62. The van der Waals surface area contributed by atoms with Crippen LogP contribution in [-0.2, 0) is 16.2 Å². The van der Waals surface area contributed by atoms with Crippen LogP contribution >= 0.6 is 11.6 Å². The number of carbonyl (C=O) groups is 3. The molecule has 4 aromatic carbocycles. The number of fused-ring (bicyclic) bond motifs is 1. The lowest BCUT2D eigenvalue weighted by molar-refractivity contribution is -0.122. The largest absolute Gasteiger partial charge is 0.494 e. The van der Waals surface area contributed by atoms with Crippen LogP contribution in [0, 0.1) is 6.92 Å². The van der Waals surface area contributed by atoms with Crippen LogP contribution in [0.25, 0.3) is 16.8 Å². The van der Waals surface area contributed by atoms with E-state index in [0.717, 1.165) is 39.6 Å². The van der Waals surface area contributed by atoms with E-state index in [0.29, 0.717) is 41.7 Å². The predicted molar refractivity (Wildman–Crippen MR) is 171 cm³/mol. The van der Waals surface area contributed by atoms with E-state index in [2.05, 4.69) is 36.5 Å². The lowest BCUT2D eigenvalue weighted by Crippen LogP contribution is -2.54. The van der Waals surface area contributed by atoms with Crippen LogP contribution in [0.1, 0.15) is 43.4 Å². The highest BCUT2D eigenvalue weighted by atomic mass is 35.5. The Kier molecular flexibility index (Phi) is 9.50. The molecule has 0 aliphatic carbocycles. The maximum absolute atomic E-state index is 13.5. The number of ether oxygens (including phenoxy) is 3. The van der Waals surface area contributed by atoms with Gasteiger partial charge in [0.15, 0.2) is 11.5 Å². The summed E-state index contributed by atoms with van der Waals surface area (Å²) in [5, 5.41) is 4.69. The zero-order valence-electron chi connectivity index (χ0n) is 24.8. The molecule has 1 N–H and O–H groups in total. The van der Waals surface area contributed by atoms with Crippen molar-refractivity contribution in [3.63, 3.8) is 0 Å². The lowest BCUT2D eigenvalue weighted by Gasteiger charge is -2.26. The number of benzene rings is 4. The number of nitrogens with one attached hydrogen (secondary N) is 1. The number of halogens is 1. The average molecular weight is 613 g/mol. The van der Waals surface area contributed by atoms with E-state index in [-0.39, 0.29) is 17.2 Å². The average Bonchev–Trinajstić information content (AvgIpc) is 3.00. The van der Waals surface area contributed by atoms with Crippen molar-refractivity contribution in [2.75, 3.05) is 18.1 Å². The topological polar surface area (TPSA) is 94.2 Å². The van der Waals surface area contributed by atoms with E-state index in [1.165, 1.54) is 6.08 Å². The molecule has 0 spiro atoms. The van der Waals surface area contributed by atoms with Crippen LogP contribution < -0.4 is 24.4 Å². The van der Waals surface area contributed by atoms with Gasteiger partial charge in [0, 0.05) is 5.56 Å². The molecule has 1 saturated heterocycles. The monoisotopic (exact) mass is 612 g/mol. The third-order valence-corrected chi connectivity index (χ3v) is 7.52. The Bertz CT molecular complexity index is 1750. The van der Waals surface area contributed by atoms with E-state index < -0.39 is 17.8 Å². The summed E-state index contributed by atoms with van der Waals surface area (Å²) in [6.45, 7) is 7.09. The minimum atomic E-state index is -0.836. The third kappa shape index (κ3) is 6.55. The van der Waals surface area contributed by atoms with Crippen molar-refractivity contribution in [1.82, 2.24) is 5.32 Å². The normalized spacial score (nSPS) is 14.2. The summed E-state index contributed by atoms with van der Waals surface area (Å²) >= 11 is 6.70. The van der Waals surface area contributed by atoms with Gasteiger partial charge < -0.3 is 14.2 Å². The Labute approximate surface area is 261 Å². The van der Waals surface area contributed by atoms with Gasteiger partial charge in [-0.25, -0.2) is 9.69 Å². The summed E-state index contributed by atoms with van der Waals surface area (Å²) in [5.41, 5.74) is 2.61. The van der Waals surface area contributed by atoms with Gasteiger partial charge in [-0.2, -0.15) is 0 Å². The van der Waals surface area contributed by atoms with Gasteiger partial charge in [-0.3, -0.25) is 14.9 Å². The summed E-state index contributed by atoms with van der Waals surface area (Å²) in [4.78, 5) is 39.9. The van der Waals surface area contributed by atoms with Gasteiger partial charge in [0.25, 0.3) is 11.8 Å². The highest BCUT2D eigenvalue weighted by Gasteiger charge is 2.37. The van der Waals surface area contributed by atoms with Gasteiger partial charge in [-0.15, -0.1) is 0 Å². The van der Waals surface area contributed by atoms with Gasteiger partial charge in [-0.1, -0.05) is 61.3 Å². The van der Waals surface area contributed by atoms with Crippen molar-refractivity contribution in [3.05, 3.63) is 100 Å². The van der Waals surface area contributed by atoms with E-state index in [4.69, 9.17) is 25.8 Å². The minimum Gasteiger partial charge on any atom is -0.494 e. The first-order valence-electron chi connectivity index (χ1n) is 14.5. The van der Waals surface area contributed by atoms with Crippen molar-refractivity contribution in [2.45, 2.75) is 40.2 Å². The first-order chi connectivity index (χ1) is 21.3. The van der Waals surface area contributed by atoms with Crippen LogP contribution in [0.2, 0.25) is 5.02 Å². The van der Waals surface area contributed by atoms with Crippen molar-refractivity contribution >= 4 is 52.0 Å². The van der Waals surface area contributed by atoms with Crippen LogP contribution in [0.15, 0.2) is 78.4 Å². The Morgan fingerprint density at radius 3 is 2.43 bits per heavy atom. The van der Waals surface area contributed by atoms with Crippen LogP contribution in [-0.4, -0.2) is 31.1 Å². The molecule has 8 nitrogen and oxygen atoms in total. The van der Waals surface area contributed by atoms with Gasteiger partial charge in [-0.05, 0) is 84.6 Å². The second-order valence-electron chi connectivity index (χ2n) is 10.3. The maximum Gasteiger partial charge on any atom is 0.335 e. The number of barbiturate groups is 1. The molecular formula is C35H33ClN2O6. The molecule has 1 aliphatic rings. The second kappa shape index (κ2) is 13.7. The fourth-order valence-corrected chi connectivity index (χ4v) is 5.21. The molecule has 1 heterocycles. The molecule has 0 unspecified atom stereocenters. The zero-order valence-corrected chi connectivity index (χ0v) is 25.6. The van der Waals surface area contributed by atoms with Crippen molar-refractivity contribution in [2.24, 2.45) is 0 Å². The minimum absolute atomic E-state index is 0.230. The molecule has 226 valence electrons. The highest BCUT2D eigenvalue weighted by Crippen LogP contribution is 2.39. The third-order valence-electron chi connectivity index (χ3n) is 7.24. The van der Waals surface area contributed by atoms with Crippen molar-refractivity contribution in [1.29, 1.82) is 0 Å². The SMILES string of the molecule is CCCCOc1ccc(N2C(=O)NC(=O)/C(=C/c3cc(Cl)c(OCc4c(C)ccc5ccccc45)c(OCC)c3)C2=O)cc1. The zero-order chi connectivity index (χ0) is 31.2. The summed E-state index contributed by atoms with van der Waals surface area (Å²) in [6.07, 6.45) is 3.30. The molecule has 1 fully saturated rings. The number of carbonyl (C=O) groups excluding carboxylic acids is 3. The smallest absolute Gasteiger partial charge is 0.335 e. The molecule has 4 amide bonds. The van der Waals surface area contributed by atoms with Crippen LogP contribution in [0.3, 0.4) is 0 Å². The quantitative estimate of drug-likeness (QED) is 0.106. The van der Waals surface area contributed by atoms with E-state index >= 15 is 0 Å². The van der Waals surface area contributed by atoms with Crippen LogP contribution in [0.4, 0.5) is 10.5 Å². The summed E-state index contributed by atoms with van der Waals surface area (Å²) < 4.78 is 17.8. The van der Waals surface area contributed by atoms with E-state index in [1.54, 1.807) is 36.4 Å². The summed E-state index contributed by atoms with van der Waals surface area (Å²) in [7, 11) is 0. The Hall–Kier alpha value is -4.82. The molecule has 0 aromatic heterocycles. The number of unbranched alkanes of at least 4 members (excludes halogenated alkanes) is 1. The summed E-state index contributed by atoms with van der Waals surface area (Å²) in [5.74, 6) is -0.244.